The zero-order valence-corrected chi connectivity index (χ0v) is 17.8. The Morgan fingerprint density at radius 1 is 1.45 bits per heavy atom. The van der Waals surface area contributed by atoms with Gasteiger partial charge in [-0.15, -0.1) is 0 Å². The van der Waals surface area contributed by atoms with Gasteiger partial charge in [0.2, 0.25) is 0 Å². The van der Waals surface area contributed by atoms with Gasteiger partial charge in [-0.2, -0.15) is 5.48 Å². The van der Waals surface area contributed by atoms with Crippen LogP contribution in [-0.2, 0) is 9.57 Å². The Hall–Kier alpha value is -2.37. The quantitative estimate of drug-likeness (QED) is 0.286. The van der Waals surface area contributed by atoms with E-state index in [0.29, 0.717) is 29.0 Å². The van der Waals surface area contributed by atoms with Crippen LogP contribution in [0.2, 0.25) is 5.02 Å². The number of allylic oxidation sites excluding steroid dienone is 1. The number of rotatable bonds is 6. The molecule has 3 fully saturated rings. The third-order valence-corrected chi connectivity index (χ3v) is 5.58. The Balaban J connectivity index is 1.64. The molecule has 3 aliphatic rings. The van der Waals surface area contributed by atoms with Crippen molar-refractivity contribution in [3.05, 3.63) is 35.3 Å². The van der Waals surface area contributed by atoms with Crippen LogP contribution < -0.4 is 16.1 Å². The third-order valence-electron chi connectivity index (χ3n) is 5.37. The molecule has 1 aromatic heterocycles. The summed E-state index contributed by atoms with van der Waals surface area (Å²) < 4.78 is 6.15. The fourth-order valence-corrected chi connectivity index (χ4v) is 4.01. The number of ether oxygens (including phenoxy) is 1. The summed E-state index contributed by atoms with van der Waals surface area (Å²) in [4.78, 5) is 14.4. The molecule has 31 heavy (non-hydrogen) atoms. The van der Waals surface area contributed by atoms with Gasteiger partial charge in [-0.25, -0.2) is 4.99 Å². The highest BCUT2D eigenvalue weighted by Crippen LogP contribution is 2.43. The molecule has 5 unspecified atom stereocenters. The van der Waals surface area contributed by atoms with Crippen LogP contribution in [0.5, 0.6) is 0 Å². The number of hydrogen-bond acceptors (Lipinski definition) is 8. The van der Waals surface area contributed by atoms with Crippen molar-refractivity contribution in [2.24, 2.45) is 4.99 Å². The second kappa shape index (κ2) is 9.41. The van der Waals surface area contributed by atoms with Crippen LogP contribution >= 0.6 is 11.6 Å². The van der Waals surface area contributed by atoms with Gasteiger partial charge < -0.3 is 25.9 Å². The number of pyridine rings is 1. The van der Waals surface area contributed by atoms with Crippen LogP contribution in [0.3, 0.4) is 0 Å². The highest BCUT2D eigenvalue weighted by Gasteiger charge is 2.50. The molecule has 1 saturated carbocycles. The predicted molar refractivity (Wildman–Crippen MR) is 118 cm³/mol. The van der Waals surface area contributed by atoms with E-state index < -0.39 is 24.4 Å². The molecule has 0 radical (unpaired) electrons. The number of halogens is 1. The molecule has 0 bridgehead atoms. The van der Waals surface area contributed by atoms with Crippen molar-refractivity contribution in [3.63, 3.8) is 0 Å². The summed E-state index contributed by atoms with van der Waals surface area (Å²) in [5.41, 5.74) is 4.40. The smallest absolute Gasteiger partial charge is 0.144 e. The van der Waals surface area contributed by atoms with E-state index in [9.17, 15) is 5.11 Å². The summed E-state index contributed by atoms with van der Waals surface area (Å²) in [7, 11) is 0. The van der Waals surface area contributed by atoms with Crippen LogP contribution in [0, 0.1) is 10.8 Å². The number of aliphatic hydroxyl groups is 1. The zero-order chi connectivity index (χ0) is 22.0. The van der Waals surface area contributed by atoms with E-state index in [1.54, 1.807) is 25.4 Å². The van der Waals surface area contributed by atoms with Gasteiger partial charge in [-0.05, 0) is 38.1 Å². The monoisotopic (exact) mass is 447 g/mol. The van der Waals surface area contributed by atoms with Gasteiger partial charge in [0.1, 0.15) is 36.1 Å². The van der Waals surface area contributed by atoms with Gasteiger partial charge >= 0.3 is 0 Å². The fraction of sp³-hybridized carbons (Fsp3) is 0.500. The first-order chi connectivity index (χ1) is 15.0. The third kappa shape index (κ3) is 4.94. The lowest BCUT2D eigenvalue weighted by Crippen LogP contribution is -2.63. The number of nitrogens with one attached hydrogen (secondary N) is 5. The van der Waals surface area contributed by atoms with E-state index in [1.807, 2.05) is 0 Å². The van der Waals surface area contributed by atoms with E-state index in [4.69, 9.17) is 32.0 Å². The first-order valence-electron chi connectivity index (χ1n) is 10.2. The largest absolute Gasteiger partial charge is 0.388 e. The number of anilines is 1. The molecule has 0 spiro atoms. The molecule has 2 saturated heterocycles. The van der Waals surface area contributed by atoms with Crippen LogP contribution in [0.25, 0.3) is 0 Å². The van der Waals surface area contributed by atoms with Crippen LogP contribution in [0.1, 0.15) is 31.4 Å². The number of hydrogen-bond donors (Lipinski definition) is 6. The van der Waals surface area contributed by atoms with E-state index in [-0.39, 0.29) is 11.9 Å². The van der Waals surface area contributed by atoms with E-state index in [0.717, 1.165) is 24.8 Å². The molecule has 6 N–H and O–H groups in total. The van der Waals surface area contributed by atoms with Crippen LogP contribution in [0.15, 0.2) is 29.5 Å². The van der Waals surface area contributed by atoms with Crippen LogP contribution in [0.4, 0.5) is 5.69 Å². The molecule has 10 nitrogen and oxygen atoms in total. The average Bonchev–Trinajstić information content (AvgIpc) is 3.46. The number of nitrogens with zero attached hydrogens (tertiary/aromatic N) is 2. The van der Waals surface area contributed by atoms with Gasteiger partial charge in [0.05, 0.1) is 29.0 Å². The Morgan fingerprint density at radius 3 is 2.97 bits per heavy atom. The first kappa shape index (κ1) is 21.8. The maximum Gasteiger partial charge on any atom is 0.144 e. The SMILES string of the molecule is CC(=N)/N=C(\Nc1cc(Cl)cnc1C1CC1)C1OC2CNOC2C(N/C=C\C=N)C1O. The standard InChI is InChI=1S/C20H26ClN7O3/c1-10(23)27-20(28-13-7-12(21)8-25-15(13)11-3-4-11)19-17(29)16(24-6-2-5-22)18-14(30-19)9-26-31-18/h2,5-8,11,14,16-19,22,24,26,29H,3-4,9H2,1H3,(H2,23,27,28)/b6-2-,22-5?. The van der Waals surface area contributed by atoms with E-state index in [2.05, 4.69) is 26.1 Å². The van der Waals surface area contributed by atoms with Crippen LogP contribution in [-0.4, -0.2) is 65.0 Å². The summed E-state index contributed by atoms with van der Waals surface area (Å²) in [5.74, 6) is 0.730. The van der Waals surface area contributed by atoms with Gasteiger partial charge in [0, 0.05) is 18.3 Å². The molecule has 4 rings (SSSR count). The number of aliphatic hydroxyl groups excluding tert-OH is 1. The molecule has 3 heterocycles. The normalized spacial score (nSPS) is 30.8. The van der Waals surface area contributed by atoms with Crippen molar-refractivity contribution in [2.45, 2.75) is 56.1 Å². The Bertz CT molecular complexity index is 905. The number of amidine groups is 2. The molecule has 1 aliphatic carbocycles. The molecule has 2 aliphatic heterocycles. The lowest BCUT2D eigenvalue weighted by atomic mass is 9.92. The van der Waals surface area contributed by atoms with Crippen molar-refractivity contribution >= 4 is 35.2 Å². The molecule has 0 amide bonds. The summed E-state index contributed by atoms with van der Waals surface area (Å²) >= 11 is 6.19. The minimum Gasteiger partial charge on any atom is -0.388 e. The summed E-state index contributed by atoms with van der Waals surface area (Å²) in [6.07, 6.45) is 5.31. The lowest BCUT2D eigenvalue weighted by Gasteiger charge is -2.41. The van der Waals surface area contributed by atoms with Crippen molar-refractivity contribution in [3.8, 4) is 0 Å². The number of fused-ring (bicyclic) bond motifs is 1. The Kier molecular flexibility index (Phi) is 6.63. The predicted octanol–water partition coefficient (Wildman–Crippen LogP) is 1.57. The maximum absolute atomic E-state index is 11.2. The number of aliphatic imine (C=N–C) groups is 1. The average molecular weight is 448 g/mol. The van der Waals surface area contributed by atoms with Gasteiger partial charge in [-0.1, -0.05) is 11.6 Å². The molecular weight excluding hydrogens is 422 g/mol. The van der Waals surface area contributed by atoms with Crippen molar-refractivity contribution in [2.75, 3.05) is 11.9 Å². The second-order valence-electron chi connectivity index (χ2n) is 7.80. The molecule has 5 atom stereocenters. The van der Waals surface area contributed by atoms with E-state index in [1.165, 1.54) is 6.08 Å². The Morgan fingerprint density at radius 2 is 2.26 bits per heavy atom. The minimum atomic E-state index is -1.04. The van der Waals surface area contributed by atoms with Crippen molar-refractivity contribution in [1.82, 2.24) is 15.8 Å². The number of hydroxylamine groups is 1. The van der Waals surface area contributed by atoms with Gasteiger partial charge in [0.15, 0.2) is 0 Å². The molecular formula is C20H26ClN7O3. The first-order valence-corrected chi connectivity index (χ1v) is 10.6. The lowest BCUT2D eigenvalue weighted by molar-refractivity contribution is -0.147. The fourth-order valence-electron chi connectivity index (χ4n) is 3.85. The van der Waals surface area contributed by atoms with Crippen molar-refractivity contribution in [1.29, 1.82) is 10.8 Å². The highest BCUT2D eigenvalue weighted by molar-refractivity contribution is 6.30. The Labute approximate surface area is 185 Å². The summed E-state index contributed by atoms with van der Waals surface area (Å²) in [6, 6.07) is 1.26. The molecule has 11 heteroatoms. The summed E-state index contributed by atoms with van der Waals surface area (Å²) in [5, 5.41) is 33.0. The maximum atomic E-state index is 11.2. The highest BCUT2D eigenvalue weighted by atomic mass is 35.5. The molecule has 0 aromatic carbocycles. The van der Waals surface area contributed by atoms with Gasteiger partial charge in [0.25, 0.3) is 0 Å². The van der Waals surface area contributed by atoms with E-state index >= 15 is 0 Å². The summed E-state index contributed by atoms with van der Waals surface area (Å²) in [6.45, 7) is 2.00. The zero-order valence-electron chi connectivity index (χ0n) is 17.0. The van der Waals surface area contributed by atoms with Crippen molar-refractivity contribution < 1.29 is 14.7 Å². The van der Waals surface area contributed by atoms with Gasteiger partial charge in [-0.3, -0.25) is 15.2 Å². The topological polar surface area (TPSA) is 148 Å². The molecule has 1 aromatic rings. The molecule has 166 valence electrons. The second-order valence-corrected chi connectivity index (χ2v) is 8.24. The number of aromatic nitrogens is 1. The minimum absolute atomic E-state index is 0.0670.